The lowest BCUT2D eigenvalue weighted by Gasteiger charge is -2.39. The smallest absolute Gasteiger partial charge is 0.311 e. The van der Waals surface area contributed by atoms with Crippen LogP contribution in [0.4, 0.5) is 13.2 Å². The number of hydrogen-bond acceptors (Lipinski definition) is 2. The molecule has 0 aromatic carbocycles. The number of nitrogens with zero attached hydrogens (tertiary/aromatic N) is 1. The molecular formula is C15H23F3N2. The van der Waals surface area contributed by atoms with Gasteiger partial charge in [-0.05, 0) is 25.7 Å². The third-order valence-electron chi connectivity index (χ3n) is 4.54. The van der Waals surface area contributed by atoms with Crippen molar-refractivity contribution in [1.82, 2.24) is 10.2 Å². The van der Waals surface area contributed by atoms with Crippen LogP contribution in [0.25, 0.3) is 0 Å². The summed E-state index contributed by atoms with van der Waals surface area (Å²) in [5.41, 5.74) is 0. The van der Waals surface area contributed by atoms with Crippen LogP contribution in [0.3, 0.4) is 0 Å². The molecule has 20 heavy (non-hydrogen) atoms. The highest BCUT2D eigenvalue weighted by Gasteiger charge is 2.45. The summed E-state index contributed by atoms with van der Waals surface area (Å²) in [5, 5.41) is 3.28. The molecule has 0 aromatic rings. The fraction of sp³-hybridized carbons (Fsp3) is 0.867. The van der Waals surface area contributed by atoms with Crippen LogP contribution in [-0.2, 0) is 0 Å². The van der Waals surface area contributed by atoms with E-state index in [0.717, 1.165) is 32.4 Å². The van der Waals surface area contributed by atoms with E-state index in [1.165, 1.54) is 0 Å². The van der Waals surface area contributed by atoms with Crippen molar-refractivity contribution in [3.8, 4) is 12.3 Å². The van der Waals surface area contributed by atoms with E-state index >= 15 is 0 Å². The van der Waals surface area contributed by atoms with Crippen LogP contribution in [-0.4, -0.2) is 42.8 Å². The Morgan fingerprint density at radius 2 is 1.75 bits per heavy atom. The van der Waals surface area contributed by atoms with Crippen LogP contribution in [0.5, 0.6) is 0 Å². The summed E-state index contributed by atoms with van der Waals surface area (Å²) in [5.74, 6) is 1.45. The predicted molar refractivity (Wildman–Crippen MR) is 73.2 cm³/mol. The maximum absolute atomic E-state index is 13.0. The van der Waals surface area contributed by atoms with Crippen molar-refractivity contribution >= 4 is 0 Å². The van der Waals surface area contributed by atoms with Crippen LogP contribution in [0.2, 0.25) is 0 Å². The fourth-order valence-corrected chi connectivity index (χ4v) is 3.41. The van der Waals surface area contributed by atoms with Gasteiger partial charge in [0.1, 0.15) is 0 Å². The molecule has 0 amide bonds. The summed E-state index contributed by atoms with van der Waals surface area (Å²) >= 11 is 0. The molecule has 1 aliphatic heterocycles. The minimum absolute atomic E-state index is 0.206. The van der Waals surface area contributed by atoms with Crippen molar-refractivity contribution in [1.29, 1.82) is 0 Å². The molecule has 2 nitrogen and oxygen atoms in total. The Labute approximate surface area is 119 Å². The highest BCUT2D eigenvalue weighted by atomic mass is 19.4. The summed E-state index contributed by atoms with van der Waals surface area (Å²) in [6.45, 7) is 2.40. The van der Waals surface area contributed by atoms with Gasteiger partial charge in [0.2, 0.25) is 0 Å². The summed E-state index contributed by atoms with van der Waals surface area (Å²) in [6.07, 6.45) is 5.52. The molecule has 2 rings (SSSR count). The lowest BCUT2D eigenvalue weighted by Crippen LogP contribution is -2.52. The molecule has 1 N–H and O–H groups in total. The Hall–Kier alpha value is -0.730. The first kappa shape index (κ1) is 15.7. The molecule has 0 spiro atoms. The van der Waals surface area contributed by atoms with Gasteiger partial charge < -0.3 is 5.32 Å². The molecule has 0 aromatic heterocycles. The first-order valence-electron chi connectivity index (χ1n) is 7.49. The third kappa shape index (κ3) is 4.13. The van der Waals surface area contributed by atoms with Gasteiger partial charge in [-0.1, -0.05) is 18.8 Å². The minimum Gasteiger partial charge on any atom is -0.311 e. The highest BCUT2D eigenvalue weighted by Crippen LogP contribution is 2.38. The Bertz CT molecular complexity index is 340. The number of halogens is 3. The van der Waals surface area contributed by atoms with Gasteiger partial charge in [0.05, 0.1) is 12.5 Å². The summed E-state index contributed by atoms with van der Waals surface area (Å²) < 4.78 is 39.1. The first-order chi connectivity index (χ1) is 9.50. The molecule has 0 radical (unpaired) electrons. The third-order valence-corrected chi connectivity index (χ3v) is 4.54. The van der Waals surface area contributed by atoms with Crippen LogP contribution in [0.1, 0.15) is 38.5 Å². The Balaban J connectivity index is 1.84. The number of nitrogens with one attached hydrogen (secondary N) is 1. The van der Waals surface area contributed by atoms with Gasteiger partial charge in [0, 0.05) is 25.2 Å². The van der Waals surface area contributed by atoms with Crippen LogP contribution >= 0.6 is 0 Å². The van der Waals surface area contributed by atoms with Gasteiger partial charge in [0.25, 0.3) is 0 Å². The van der Waals surface area contributed by atoms with Crippen molar-refractivity contribution in [3.05, 3.63) is 0 Å². The van der Waals surface area contributed by atoms with E-state index < -0.39 is 18.1 Å². The van der Waals surface area contributed by atoms with Gasteiger partial charge in [-0.3, -0.25) is 4.90 Å². The number of hydrogen-bond donors (Lipinski definition) is 1. The number of rotatable bonds is 3. The zero-order valence-electron chi connectivity index (χ0n) is 11.8. The molecule has 1 aliphatic carbocycles. The quantitative estimate of drug-likeness (QED) is 0.803. The first-order valence-corrected chi connectivity index (χ1v) is 7.49. The Morgan fingerprint density at radius 1 is 1.10 bits per heavy atom. The summed E-state index contributed by atoms with van der Waals surface area (Å²) in [7, 11) is 0. The second-order valence-electron chi connectivity index (χ2n) is 5.96. The van der Waals surface area contributed by atoms with Crippen molar-refractivity contribution in [2.75, 3.05) is 19.6 Å². The number of piperidine rings is 1. The van der Waals surface area contributed by atoms with Crippen molar-refractivity contribution in [2.24, 2.45) is 5.92 Å². The van der Waals surface area contributed by atoms with Crippen LogP contribution in [0.15, 0.2) is 0 Å². The van der Waals surface area contributed by atoms with Gasteiger partial charge in [0.15, 0.2) is 0 Å². The topological polar surface area (TPSA) is 15.3 Å². The molecule has 5 heteroatoms. The number of likely N-dealkylation sites (tertiary alicyclic amines) is 1. The monoisotopic (exact) mass is 288 g/mol. The normalized spacial score (nSPS) is 30.1. The maximum atomic E-state index is 13.0. The summed E-state index contributed by atoms with van der Waals surface area (Å²) in [6, 6.07) is -0.190. The molecule has 1 saturated heterocycles. The van der Waals surface area contributed by atoms with Crippen molar-refractivity contribution < 1.29 is 13.2 Å². The minimum atomic E-state index is -4.07. The van der Waals surface area contributed by atoms with E-state index in [-0.39, 0.29) is 12.5 Å². The maximum Gasteiger partial charge on any atom is 0.393 e. The molecular weight excluding hydrogens is 265 g/mol. The predicted octanol–water partition coefficient (Wildman–Crippen LogP) is 2.79. The molecule has 1 saturated carbocycles. The van der Waals surface area contributed by atoms with Gasteiger partial charge in [-0.25, -0.2) is 0 Å². The molecule has 1 heterocycles. The summed E-state index contributed by atoms with van der Waals surface area (Å²) in [4.78, 5) is 2.18. The van der Waals surface area contributed by atoms with Gasteiger partial charge in [-0.2, -0.15) is 13.2 Å². The van der Waals surface area contributed by atoms with Crippen molar-refractivity contribution in [3.63, 3.8) is 0 Å². The lowest BCUT2D eigenvalue weighted by atomic mass is 9.83. The van der Waals surface area contributed by atoms with E-state index in [0.29, 0.717) is 19.4 Å². The fourth-order valence-electron chi connectivity index (χ4n) is 3.41. The average Bonchev–Trinajstić information content (AvgIpc) is 2.41. The van der Waals surface area contributed by atoms with E-state index in [9.17, 15) is 13.2 Å². The Kier molecular flexibility index (Phi) is 5.34. The lowest BCUT2D eigenvalue weighted by molar-refractivity contribution is -0.189. The molecule has 2 unspecified atom stereocenters. The van der Waals surface area contributed by atoms with Crippen molar-refractivity contribution in [2.45, 2.75) is 56.8 Å². The second-order valence-corrected chi connectivity index (χ2v) is 5.96. The molecule has 0 bridgehead atoms. The SMILES string of the molecule is C#CCN1CCC(NC2CCCCC2C(F)(F)F)CC1. The van der Waals surface area contributed by atoms with E-state index in [2.05, 4.69) is 16.1 Å². The zero-order chi connectivity index (χ0) is 14.6. The van der Waals surface area contributed by atoms with Crippen LogP contribution in [0, 0.1) is 18.3 Å². The van der Waals surface area contributed by atoms with E-state index in [1.807, 2.05) is 0 Å². The van der Waals surface area contributed by atoms with Gasteiger partial charge in [-0.15, -0.1) is 6.42 Å². The van der Waals surface area contributed by atoms with E-state index in [1.54, 1.807) is 0 Å². The molecule has 2 aliphatic rings. The molecule has 114 valence electrons. The Morgan fingerprint density at radius 3 is 2.35 bits per heavy atom. The van der Waals surface area contributed by atoms with Gasteiger partial charge >= 0.3 is 6.18 Å². The number of terminal acetylenes is 1. The highest BCUT2D eigenvalue weighted by molar-refractivity contribution is 4.92. The standard InChI is InChI=1S/C15H23F3N2/c1-2-9-20-10-7-12(8-11-20)19-14-6-4-3-5-13(14)15(16,17)18/h1,12-14,19H,3-11H2. The van der Waals surface area contributed by atoms with E-state index in [4.69, 9.17) is 6.42 Å². The van der Waals surface area contributed by atoms with Crippen LogP contribution < -0.4 is 5.32 Å². The molecule has 2 atom stereocenters. The second kappa shape index (κ2) is 6.82. The zero-order valence-corrected chi connectivity index (χ0v) is 11.8. The molecule has 2 fully saturated rings. The average molecular weight is 288 g/mol. The number of alkyl halides is 3. The largest absolute Gasteiger partial charge is 0.393 e.